The highest BCUT2D eigenvalue weighted by atomic mass is 35.5. The van der Waals surface area contributed by atoms with Gasteiger partial charge in [-0.15, -0.1) is 0 Å². The summed E-state index contributed by atoms with van der Waals surface area (Å²) in [5, 5.41) is 5.72. The Hall–Kier alpha value is -3.12. The molecule has 1 fully saturated rings. The molecule has 3 rings (SSSR count). The summed E-state index contributed by atoms with van der Waals surface area (Å²) in [6, 6.07) is 12.3. The topological polar surface area (TPSA) is 78.5 Å². The van der Waals surface area contributed by atoms with Gasteiger partial charge < -0.3 is 15.5 Å². The zero-order valence-corrected chi connectivity index (χ0v) is 16.1. The average Bonchev–Trinajstić information content (AvgIpc) is 3.09. The van der Waals surface area contributed by atoms with E-state index in [-0.39, 0.29) is 17.7 Å². The largest absolute Gasteiger partial charge is 0.325 e. The Balaban J connectivity index is 1.62. The summed E-state index contributed by atoms with van der Waals surface area (Å²) in [4.78, 5) is 36.9. The molecule has 0 aliphatic carbocycles. The molecule has 0 unspecified atom stereocenters. The third kappa shape index (κ3) is 4.98. The molecule has 144 valence electrons. The molecule has 1 aliphatic heterocycles. The predicted molar refractivity (Wildman–Crippen MR) is 111 cm³/mol. The third-order valence-electron chi connectivity index (χ3n) is 4.25. The van der Waals surface area contributed by atoms with Crippen molar-refractivity contribution < 1.29 is 14.4 Å². The fraction of sp³-hybridized carbons (Fsp3) is 0.190. The van der Waals surface area contributed by atoms with Gasteiger partial charge in [-0.3, -0.25) is 14.4 Å². The van der Waals surface area contributed by atoms with Crippen molar-refractivity contribution in [3.63, 3.8) is 0 Å². The van der Waals surface area contributed by atoms with Crippen LogP contribution in [0.4, 0.5) is 17.1 Å². The summed E-state index contributed by atoms with van der Waals surface area (Å²) in [5.74, 6) is -0.413. The van der Waals surface area contributed by atoms with E-state index >= 15 is 0 Å². The zero-order chi connectivity index (χ0) is 20.1. The molecule has 0 atom stereocenters. The summed E-state index contributed by atoms with van der Waals surface area (Å²) in [7, 11) is 0. The molecule has 2 N–H and O–H groups in total. The number of hydrogen-bond donors (Lipinski definition) is 2. The molecule has 1 heterocycles. The number of hydrogen-bond acceptors (Lipinski definition) is 3. The van der Waals surface area contributed by atoms with Gasteiger partial charge in [-0.2, -0.15) is 0 Å². The van der Waals surface area contributed by atoms with Crippen molar-refractivity contribution in [3.8, 4) is 0 Å². The predicted octanol–water partition coefficient (Wildman–Crippen LogP) is 4.08. The van der Waals surface area contributed by atoms with Crippen LogP contribution >= 0.6 is 11.6 Å². The van der Waals surface area contributed by atoms with Crippen molar-refractivity contribution in [2.45, 2.75) is 19.8 Å². The number of anilines is 3. The Labute approximate surface area is 168 Å². The minimum atomic E-state index is -0.310. The Morgan fingerprint density at radius 3 is 2.50 bits per heavy atom. The number of benzene rings is 2. The maximum Gasteiger partial charge on any atom is 0.248 e. The molecule has 1 saturated heterocycles. The lowest BCUT2D eigenvalue weighted by Crippen LogP contribution is -2.23. The summed E-state index contributed by atoms with van der Waals surface area (Å²) in [6.07, 6.45) is 4.59. The molecule has 3 amide bonds. The van der Waals surface area contributed by atoms with Crippen LogP contribution in [-0.4, -0.2) is 24.3 Å². The maximum absolute atomic E-state index is 12.2. The van der Waals surface area contributed by atoms with Crippen LogP contribution in [0.15, 0.2) is 48.5 Å². The number of nitrogens with zero attached hydrogens (tertiary/aromatic N) is 1. The van der Waals surface area contributed by atoms with Gasteiger partial charge in [0.25, 0.3) is 0 Å². The number of rotatable bonds is 5. The van der Waals surface area contributed by atoms with E-state index in [4.69, 9.17) is 11.6 Å². The van der Waals surface area contributed by atoms with Crippen LogP contribution in [0.3, 0.4) is 0 Å². The lowest BCUT2D eigenvalue weighted by atomic mass is 10.2. The molecule has 28 heavy (non-hydrogen) atoms. The number of halogens is 1. The first kappa shape index (κ1) is 19.6. The van der Waals surface area contributed by atoms with Crippen LogP contribution < -0.4 is 15.5 Å². The molecule has 0 saturated carbocycles. The second-order valence-corrected chi connectivity index (χ2v) is 6.85. The smallest absolute Gasteiger partial charge is 0.248 e. The molecular formula is C21H20ClN3O3. The summed E-state index contributed by atoms with van der Waals surface area (Å²) < 4.78 is 0. The zero-order valence-electron chi connectivity index (χ0n) is 15.4. The molecule has 0 radical (unpaired) electrons. The summed E-state index contributed by atoms with van der Waals surface area (Å²) in [5.41, 5.74) is 2.67. The molecule has 2 aromatic rings. The highest BCUT2D eigenvalue weighted by molar-refractivity contribution is 6.33. The Morgan fingerprint density at radius 2 is 1.86 bits per heavy atom. The first-order valence-corrected chi connectivity index (χ1v) is 9.27. The number of nitrogens with one attached hydrogen (secondary N) is 2. The van der Waals surface area contributed by atoms with Crippen LogP contribution in [0.5, 0.6) is 0 Å². The first-order chi connectivity index (χ1) is 13.4. The van der Waals surface area contributed by atoms with Crippen molar-refractivity contribution in [1.82, 2.24) is 0 Å². The Bertz CT molecular complexity index is 938. The second kappa shape index (κ2) is 8.71. The van der Waals surface area contributed by atoms with Crippen LogP contribution in [0.25, 0.3) is 6.08 Å². The van der Waals surface area contributed by atoms with Crippen LogP contribution in [0, 0.1) is 0 Å². The van der Waals surface area contributed by atoms with Gasteiger partial charge >= 0.3 is 0 Å². The molecule has 0 bridgehead atoms. The molecular weight excluding hydrogens is 378 g/mol. The van der Waals surface area contributed by atoms with Crippen LogP contribution in [-0.2, 0) is 14.4 Å². The van der Waals surface area contributed by atoms with Gasteiger partial charge in [-0.1, -0.05) is 23.7 Å². The van der Waals surface area contributed by atoms with E-state index in [1.165, 1.54) is 13.0 Å². The van der Waals surface area contributed by atoms with E-state index < -0.39 is 0 Å². The van der Waals surface area contributed by atoms with E-state index in [1.54, 1.807) is 29.2 Å². The quantitative estimate of drug-likeness (QED) is 0.746. The number of carbonyl (C=O) groups is 3. The molecule has 0 aromatic heterocycles. The van der Waals surface area contributed by atoms with Gasteiger partial charge in [-0.05, 0) is 48.4 Å². The van der Waals surface area contributed by atoms with Crippen molar-refractivity contribution in [2.24, 2.45) is 0 Å². The SMILES string of the molecule is CC(=O)Nc1cc(NC(=O)C=Cc2ccc(N3CCCC3=O)cc2)ccc1Cl. The van der Waals surface area contributed by atoms with Gasteiger partial charge in [-0.25, -0.2) is 0 Å². The number of amides is 3. The summed E-state index contributed by atoms with van der Waals surface area (Å²) in [6.45, 7) is 2.13. The highest BCUT2D eigenvalue weighted by Gasteiger charge is 2.21. The minimum absolute atomic E-state index is 0.143. The average molecular weight is 398 g/mol. The molecule has 6 nitrogen and oxygen atoms in total. The van der Waals surface area contributed by atoms with E-state index in [2.05, 4.69) is 10.6 Å². The maximum atomic E-state index is 12.2. The third-order valence-corrected chi connectivity index (χ3v) is 4.58. The Kier molecular flexibility index (Phi) is 6.11. The molecule has 1 aliphatic rings. The van der Waals surface area contributed by atoms with Gasteiger partial charge in [0.15, 0.2) is 0 Å². The van der Waals surface area contributed by atoms with Crippen LogP contribution in [0.2, 0.25) is 5.02 Å². The molecule has 7 heteroatoms. The summed E-state index contributed by atoms with van der Waals surface area (Å²) >= 11 is 6.02. The van der Waals surface area contributed by atoms with Crippen molar-refractivity contribution >= 4 is 52.5 Å². The highest BCUT2D eigenvalue weighted by Crippen LogP contribution is 2.26. The fourth-order valence-corrected chi connectivity index (χ4v) is 3.10. The number of carbonyl (C=O) groups excluding carboxylic acids is 3. The lowest BCUT2D eigenvalue weighted by molar-refractivity contribution is -0.117. The molecule has 0 spiro atoms. The van der Waals surface area contributed by atoms with Crippen molar-refractivity contribution in [2.75, 3.05) is 22.1 Å². The normalized spacial score (nSPS) is 13.8. The lowest BCUT2D eigenvalue weighted by Gasteiger charge is -2.15. The van der Waals surface area contributed by atoms with Crippen LogP contribution in [0.1, 0.15) is 25.3 Å². The van der Waals surface area contributed by atoms with E-state index in [0.717, 1.165) is 24.2 Å². The standard InChI is InChI=1S/C21H20ClN3O3/c1-14(26)23-19-13-16(7-10-18(19)22)24-20(27)11-6-15-4-8-17(9-5-15)25-12-2-3-21(25)28/h4-11,13H,2-3,12H2,1H3,(H,23,26)(H,24,27). The van der Waals surface area contributed by atoms with E-state index in [9.17, 15) is 14.4 Å². The van der Waals surface area contributed by atoms with Gasteiger partial charge in [0, 0.05) is 37.3 Å². The van der Waals surface area contributed by atoms with Gasteiger partial charge in [0.1, 0.15) is 0 Å². The monoisotopic (exact) mass is 397 g/mol. The van der Waals surface area contributed by atoms with E-state index in [1.807, 2.05) is 24.3 Å². The minimum Gasteiger partial charge on any atom is -0.325 e. The second-order valence-electron chi connectivity index (χ2n) is 6.44. The van der Waals surface area contributed by atoms with Gasteiger partial charge in [0.2, 0.25) is 17.7 Å². The van der Waals surface area contributed by atoms with Crippen molar-refractivity contribution in [1.29, 1.82) is 0 Å². The fourth-order valence-electron chi connectivity index (χ4n) is 2.93. The first-order valence-electron chi connectivity index (χ1n) is 8.89. The van der Waals surface area contributed by atoms with E-state index in [0.29, 0.717) is 22.8 Å². The van der Waals surface area contributed by atoms with Gasteiger partial charge in [0.05, 0.1) is 10.7 Å². The Morgan fingerprint density at radius 1 is 1.11 bits per heavy atom. The van der Waals surface area contributed by atoms with Crippen molar-refractivity contribution in [3.05, 3.63) is 59.1 Å². The molecule has 2 aromatic carbocycles.